The molecule has 1 heterocycles. The lowest BCUT2D eigenvalue weighted by Gasteiger charge is -2.44. The zero-order valence-corrected chi connectivity index (χ0v) is 13.9. The SMILES string of the molecule is CC(C)Oc1cccc(C(N)C(C)(C)N2CCCCC2)c1. The predicted octanol–water partition coefficient (Wildman–Crippen LogP) is 3.74. The first-order chi connectivity index (χ1) is 9.91. The maximum absolute atomic E-state index is 6.61. The van der Waals surface area contributed by atoms with Crippen LogP contribution in [0.5, 0.6) is 5.75 Å². The second-order valence-corrected chi connectivity index (χ2v) is 6.92. The molecule has 1 aromatic carbocycles. The van der Waals surface area contributed by atoms with Crippen LogP contribution in [-0.4, -0.2) is 29.6 Å². The molecule has 3 nitrogen and oxygen atoms in total. The minimum Gasteiger partial charge on any atom is -0.491 e. The molecule has 1 aliphatic heterocycles. The zero-order valence-electron chi connectivity index (χ0n) is 13.9. The van der Waals surface area contributed by atoms with E-state index in [2.05, 4.69) is 30.9 Å². The van der Waals surface area contributed by atoms with Gasteiger partial charge in [0.2, 0.25) is 0 Å². The van der Waals surface area contributed by atoms with Crippen LogP contribution < -0.4 is 10.5 Å². The first-order valence-corrected chi connectivity index (χ1v) is 8.18. The minimum absolute atomic E-state index is 0.00804. The first-order valence-electron chi connectivity index (χ1n) is 8.18. The third-order valence-corrected chi connectivity index (χ3v) is 4.52. The summed E-state index contributed by atoms with van der Waals surface area (Å²) in [6.07, 6.45) is 4.10. The molecule has 2 rings (SSSR count). The van der Waals surface area contributed by atoms with Crippen molar-refractivity contribution in [2.45, 2.75) is 64.6 Å². The van der Waals surface area contributed by atoms with Crippen LogP contribution in [0.1, 0.15) is 58.6 Å². The quantitative estimate of drug-likeness (QED) is 0.898. The summed E-state index contributed by atoms with van der Waals surface area (Å²) in [6, 6.07) is 8.25. The fourth-order valence-electron chi connectivity index (χ4n) is 3.13. The Morgan fingerprint density at radius 2 is 1.81 bits per heavy atom. The molecule has 0 aliphatic carbocycles. The van der Waals surface area contributed by atoms with E-state index in [4.69, 9.17) is 10.5 Å². The zero-order chi connectivity index (χ0) is 15.5. The lowest BCUT2D eigenvalue weighted by atomic mass is 9.86. The lowest BCUT2D eigenvalue weighted by molar-refractivity contribution is 0.0729. The Bertz CT molecular complexity index is 450. The second-order valence-electron chi connectivity index (χ2n) is 6.92. The molecule has 1 saturated heterocycles. The van der Waals surface area contributed by atoms with Crippen molar-refractivity contribution in [1.29, 1.82) is 0 Å². The predicted molar refractivity (Wildman–Crippen MR) is 88.6 cm³/mol. The van der Waals surface area contributed by atoms with E-state index in [9.17, 15) is 0 Å². The van der Waals surface area contributed by atoms with Crippen molar-refractivity contribution < 1.29 is 4.74 Å². The molecule has 2 N–H and O–H groups in total. The molecule has 1 atom stereocenters. The Hall–Kier alpha value is -1.06. The van der Waals surface area contributed by atoms with Gasteiger partial charge < -0.3 is 10.5 Å². The van der Waals surface area contributed by atoms with Gasteiger partial charge in [0.15, 0.2) is 0 Å². The summed E-state index contributed by atoms with van der Waals surface area (Å²) in [5.74, 6) is 0.910. The van der Waals surface area contributed by atoms with Crippen LogP contribution in [-0.2, 0) is 0 Å². The molecule has 1 aliphatic rings. The smallest absolute Gasteiger partial charge is 0.120 e. The van der Waals surface area contributed by atoms with Crippen LogP contribution >= 0.6 is 0 Å². The van der Waals surface area contributed by atoms with Crippen LogP contribution in [0.4, 0.5) is 0 Å². The topological polar surface area (TPSA) is 38.5 Å². The molecule has 1 fully saturated rings. The van der Waals surface area contributed by atoms with Crippen LogP contribution in [0.2, 0.25) is 0 Å². The number of piperidine rings is 1. The summed E-state index contributed by atoms with van der Waals surface area (Å²) in [4.78, 5) is 2.54. The van der Waals surface area contributed by atoms with Gasteiger partial charge in [-0.25, -0.2) is 0 Å². The highest BCUT2D eigenvalue weighted by atomic mass is 16.5. The molecule has 0 saturated carbocycles. The molecular formula is C18H30N2O. The fourth-order valence-corrected chi connectivity index (χ4v) is 3.13. The van der Waals surface area contributed by atoms with E-state index >= 15 is 0 Å². The Morgan fingerprint density at radius 3 is 2.43 bits per heavy atom. The van der Waals surface area contributed by atoms with Crippen LogP contribution in [0, 0.1) is 0 Å². The third kappa shape index (κ3) is 3.98. The van der Waals surface area contributed by atoms with Crippen LogP contribution in [0.3, 0.4) is 0 Å². The number of nitrogens with two attached hydrogens (primary N) is 1. The molecule has 0 amide bonds. The highest BCUT2D eigenvalue weighted by Crippen LogP contribution is 2.32. The average Bonchev–Trinajstić information content (AvgIpc) is 2.47. The molecule has 0 bridgehead atoms. The summed E-state index contributed by atoms with van der Waals surface area (Å²) >= 11 is 0. The summed E-state index contributed by atoms with van der Waals surface area (Å²) in [5, 5.41) is 0. The summed E-state index contributed by atoms with van der Waals surface area (Å²) in [5.41, 5.74) is 7.73. The van der Waals surface area contributed by atoms with Crippen molar-refractivity contribution in [2.24, 2.45) is 5.73 Å². The summed E-state index contributed by atoms with van der Waals surface area (Å²) in [6.45, 7) is 10.9. The Labute approximate surface area is 129 Å². The molecule has 1 aromatic rings. The number of hydrogen-bond acceptors (Lipinski definition) is 3. The van der Waals surface area contributed by atoms with Crippen molar-refractivity contribution in [2.75, 3.05) is 13.1 Å². The second kappa shape index (κ2) is 6.80. The molecule has 0 aromatic heterocycles. The molecule has 0 spiro atoms. The number of hydrogen-bond donors (Lipinski definition) is 1. The van der Waals surface area contributed by atoms with Crippen molar-refractivity contribution in [1.82, 2.24) is 4.90 Å². The Balaban J connectivity index is 2.15. The standard InChI is InChI=1S/C18H30N2O/c1-14(2)21-16-10-8-9-15(13-16)17(19)18(3,4)20-11-6-5-7-12-20/h8-10,13-14,17H,5-7,11-12,19H2,1-4H3. The van der Waals surface area contributed by atoms with E-state index in [0.29, 0.717) is 0 Å². The van der Waals surface area contributed by atoms with Gasteiger partial charge in [-0.1, -0.05) is 18.6 Å². The fraction of sp³-hybridized carbons (Fsp3) is 0.667. The van der Waals surface area contributed by atoms with Gasteiger partial charge in [0.25, 0.3) is 0 Å². The monoisotopic (exact) mass is 290 g/mol. The number of benzene rings is 1. The van der Waals surface area contributed by atoms with Gasteiger partial charge in [-0.2, -0.15) is 0 Å². The molecule has 1 unspecified atom stereocenters. The van der Waals surface area contributed by atoms with Gasteiger partial charge in [-0.05, 0) is 71.3 Å². The normalized spacial score (nSPS) is 18.8. The van der Waals surface area contributed by atoms with Crippen LogP contribution in [0.25, 0.3) is 0 Å². The third-order valence-electron chi connectivity index (χ3n) is 4.52. The van der Waals surface area contributed by atoms with Crippen molar-refractivity contribution in [3.8, 4) is 5.75 Å². The Morgan fingerprint density at radius 1 is 1.14 bits per heavy atom. The molecule has 0 radical (unpaired) electrons. The van der Waals surface area contributed by atoms with Gasteiger partial charge in [-0.3, -0.25) is 4.90 Å². The van der Waals surface area contributed by atoms with E-state index in [0.717, 1.165) is 24.4 Å². The minimum atomic E-state index is -0.0309. The van der Waals surface area contributed by atoms with E-state index in [1.807, 2.05) is 26.0 Å². The molecule has 118 valence electrons. The molecular weight excluding hydrogens is 260 g/mol. The van der Waals surface area contributed by atoms with Crippen LogP contribution in [0.15, 0.2) is 24.3 Å². The summed E-state index contributed by atoms with van der Waals surface area (Å²) < 4.78 is 5.79. The largest absolute Gasteiger partial charge is 0.491 e. The first kappa shape index (κ1) is 16.3. The maximum Gasteiger partial charge on any atom is 0.120 e. The number of nitrogens with zero attached hydrogens (tertiary/aromatic N) is 1. The van der Waals surface area contributed by atoms with Crippen molar-refractivity contribution >= 4 is 0 Å². The van der Waals surface area contributed by atoms with Gasteiger partial charge in [0.05, 0.1) is 6.10 Å². The number of rotatable bonds is 5. The maximum atomic E-state index is 6.61. The molecule has 21 heavy (non-hydrogen) atoms. The van der Waals surface area contributed by atoms with Gasteiger partial charge in [0.1, 0.15) is 5.75 Å². The highest BCUT2D eigenvalue weighted by Gasteiger charge is 2.34. The van der Waals surface area contributed by atoms with Gasteiger partial charge >= 0.3 is 0 Å². The lowest BCUT2D eigenvalue weighted by Crippen LogP contribution is -2.53. The number of likely N-dealkylation sites (tertiary alicyclic amines) is 1. The van der Waals surface area contributed by atoms with Gasteiger partial charge in [0, 0.05) is 11.6 Å². The van der Waals surface area contributed by atoms with E-state index < -0.39 is 0 Å². The summed E-state index contributed by atoms with van der Waals surface area (Å²) in [7, 11) is 0. The van der Waals surface area contributed by atoms with E-state index in [-0.39, 0.29) is 17.7 Å². The van der Waals surface area contributed by atoms with Crippen molar-refractivity contribution in [3.63, 3.8) is 0 Å². The average molecular weight is 290 g/mol. The van der Waals surface area contributed by atoms with E-state index in [1.54, 1.807) is 0 Å². The van der Waals surface area contributed by atoms with Crippen molar-refractivity contribution in [3.05, 3.63) is 29.8 Å². The molecule has 3 heteroatoms. The number of ether oxygens (including phenoxy) is 1. The van der Waals surface area contributed by atoms with Gasteiger partial charge in [-0.15, -0.1) is 0 Å². The highest BCUT2D eigenvalue weighted by molar-refractivity contribution is 5.32. The Kier molecular flexibility index (Phi) is 5.28. The van der Waals surface area contributed by atoms with E-state index in [1.165, 1.54) is 19.3 Å².